The molecular formula is C10H20N2O3. The zero-order valence-electron chi connectivity index (χ0n) is 9.86. The summed E-state index contributed by atoms with van der Waals surface area (Å²) < 4.78 is 5.21. The van der Waals surface area contributed by atoms with Crippen molar-refractivity contribution in [3.63, 3.8) is 0 Å². The molecule has 1 aliphatic rings. The lowest BCUT2D eigenvalue weighted by Gasteiger charge is -2.40. The lowest BCUT2D eigenvalue weighted by molar-refractivity contribution is -0.0941. The Morgan fingerprint density at radius 3 is 2.47 bits per heavy atom. The Labute approximate surface area is 90.6 Å². The van der Waals surface area contributed by atoms with Gasteiger partial charge < -0.3 is 14.8 Å². The molecule has 0 spiro atoms. The molecule has 0 aromatic heterocycles. The molecule has 1 rings (SSSR count). The topological polar surface area (TPSA) is 53.0 Å². The second-order valence-corrected chi connectivity index (χ2v) is 5.09. The maximum Gasteiger partial charge on any atom is 0.410 e. The van der Waals surface area contributed by atoms with Crippen molar-refractivity contribution >= 4 is 6.09 Å². The number of rotatable bonds is 2. The first-order valence-corrected chi connectivity index (χ1v) is 5.16. The maximum atomic E-state index is 11.5. The van der Waals surface area contributed by atoms with Crippen molar-refractivity contribution in [2.45, 2.75) is 26.4 Å². The fraction of sp³-hybridized carbons (Fsp3) is 0.900. The van der Waals surface area contributed by atoms with E-state index in [0.717, 1.165) is 5.06 Å². The van der Waals surface area contributed by atoms with Crippen molar-refractivity contribution < 1.29 is 14.7 Å². The van der Waals surface area contributed by atoms with E-state index in [1.807, 2.05) is 20.8 Å². The highest BCUT2D eigenvalue weighted by Gasteiger charge is 2.33. The third-order valence-corrected chi connectivity index (χ3v) is 2.13. The monoisotopic (exact) mass is 216 g/mol. The summed E-state index contributed by atoms with van der Waals surface area (Å²) in [5.74, 6) is 0.354. The molecule has 0 bridgehead atoms. The van der Waals surface area contributed by atoms with Crippen LogP contribution in [0.2, 0.25) is 0 Å². The number of nitrogens with zero attached hydrogens (tertiary/aromatic N) is 2. The van der Waals surface area contributed by atoms with E-state index >= 15 is 0 Å². The molecule has 5 nitrogen and oxygen atoms in total. The summed E-state index contributed by atoms with van der Waals surface area (Å²) in [5.41, 5.74) is -0.435. The molecule has 0 radical (unpaired) electrons. The molecule has 1 amide bonds. The lowest BCUT2D eigenvalue weighted by Crippen LogP contribution is -2.54. The quantitative estimate of drug-likeness (QED) is 0.704. The number of amides is 1. The Hall–Kier alpha value is -0.810. The summed E-state index contributed by atoms with van der Waals surface area (Å²) in [6, 6.07) is 0. The van der Waals surface area contributed by atoms with Crippen LogP contribution in [0.25, 0.3) is 0 Å². The van der Waals surface area contributed by atoms with E-state index in [0.29, 0.717) is 25.6 Å². The fourth-order valence-electron chi connectivity index (χ4n) is 1.53. The van der Waals surface area contributed by atoms with Crippen molar-refractivity contribution in [3.8, 4) is 0 Å². The number of hydrogen-bond donors (Lipinski definition) is 1. The second-order valence-electron chi connectivity index (χ2n) is 5.09. The molecule has 0 unspecified atom stereocenters. The number of carbonyl (C=O) groups excluding carboxylic acids is 1. The van der Waals surface area contributed by atoms with Gasteiger partial charge in [-0.25, -0.2) is 4.79 Å². The molecule has 0 aromatic rings. The summed E-state index contributed by atoms with van der Waals surface area (Å²) in [6.07, 6.45) is -0.264. The van der Waals surface area contributed by atoms with Crippen LogP contribution in [0.15, 0.2) is 0 Å². The van der Waals surface area contributed by atoms with E-state index in [4.69, 9.17) is 9.94 Å². The molecule has 0 aromatic carbocycles. The van der Waals surface area contributed by atoms with Gasteiger partial charge >= 0.3 is 6.09 Å². The maximum absolute atomic E-state index is 11.5. The van der Waals surface area contributed by atoms with E-state index in [2.05, 4.69) is 0 Å². The van der Waals surface area contributed by atoms with Crippen LogP contribution in [0.3, 0.4) is 0 Å². The highest BCUT2D eigenvalue weighted by molar-refractivity contribution is 5.69. The predicted octanol–water partition coefficient (Wildman–Crippen LogP) is 1.17. The summed E-state index contributed by atoms with van der Waals surface area (Å²) >= 11 is 0. The molecule has 88 valence electrons. The van der Waals surface area contributed by atoms with E-state index < -0.39 is 5.60 Å². The number of likely N-dealkylation sites (tertiary alicyclic amines) is 1. The van der Waals surface area contributed by atoms with Gasteiger partial charge in [0.2, 0.25) is 0 Å². The van der Waals surface area contributed by atoms with Crippen molar-refractivity contribution in [1.29, 1.82) is 0 Å². The smallest absolute Gasteiger partial charge is 0.410 e. The number of hydrogen-bond acceptors (Lipinski definition) is 4. The summed E-state index contributed by atoms with van der Waals surface area (Å²) in [6.45, 7) is 7.48. The van der Waals surface area contributed by atoms with Crippen LogP contribution < -0.4 is 0 Å². The van der Waals surface area contributed by atoms with Gasteiger partial charge in [0.25, 0.3) is 0 Å². The SMILES string of the molecule is CN(O)CC1CN(C(=O)OC(C)(C)C)C1. The molecule has 0 saturated carbocycles. The van der Waals surface area contributed by atoms with Crippen molar-refractivity contribution in [2.24, 2.45) is 5.92 Å². The molecule has 1 fully saturated rings. The minimum absolute atomic E-state index is 0.264. The third kappa shape index (κ3) is 4.05. The molecule has 1 aliphatic heterocycles. The molecule has 1 saturated heterocycles. The Morgan fingerprint density at radius 1 is 1.53 bits per heavy atom. The minimum Gasteiger partial charge on any atom is -0.444 e. The van der Waals surface area contributed by atoms with E-state index in [1.54, 1.807) is 11.9 Å². The van der Waals surface area contributed by atoms with Crippen LogP contribution in [-0.2, 0) is 4.74 Å². The van der Waals surface area contributed by atoms with E-state index in [1.165, 1.54) is 0 Å². The summed E-state index contributed by atoms with van der Waals surface area (Å²) in [5, 5.41) is 10.1. The number of carbonyl (C=O) groups is 1. The third-order valence-electron chi connectivity index (χ3n) is 2.13. The van der Waals surface area contributed by atoms with Gasteiger partial charge in [-0.05, 0) is 20.8 Å². The number of hydroxylamine groups is 2. The van der Waals surface area contributed by atoms with Crippen molar-refractivity contribution in [1.82, 2.24) is 9.96 Å². The average Bonchev–Trinajstić information content (AvgIpc) is 1.91. The van der Waals surface area contributed by atoms with Gasteiger partial charge in [0.15, 0.2) is 0 Å². The van der Waals surface area contributed by atoms with Gasteiger partial charge in [0.05, 0.1) is 0 Å². The lowest BCUT2D eigenvalue weighted by atomic mass is 10.0. The minimum atomic E-state index is -0.435. The molecule has 5 heteroatoms. The zero-order valence-corrected chi connectivity index (χ0v) is 9.86. The Bertz CT molecular complexity index is 229. The first-order chi connectivity index (χ1) is 6.78. The summed E-state index contributed by atoms with van der Waals surface area (Å²) in [7, 11) is 1.61. The predicted molar refractivity (Wildman–Crippen MR) is 55.7 cm³/mol. The second kappa shape index (κ2) is 4.37. The van der Waals surface area contributed by atoms with Crippen LogP contribution in [0.4, 0.5) is 4.79 Å². The zero-order chi connectivity index (χ0) is 11.6. The van der Waals surface area contributed by atoms with Crippen molar-refractivity contribution in [3.05, 3.63) is 0 Å². The standard InChI is InChI=1S/C10H20N2O3/c1-10(2,3)15-9(13)12-6-8(7-12)5-11(4)14/h8,14H,5-7H2,1-4H3. The Kier molecular flexibility index (Phi) is 3.57. The van der Waals surface area contributed by atoms with Gasteiger partial charge in [-0.1, -0.05) is 0 Å². The van der Waals surface area contributed by atoms with Crippen LogP contribution in [0.5, 0.6) is 0 Å². The van der Waals surface area contributed by atoms with Gasteiger partial charge in [-0.3, -0.25) is 0 Å². The molecule has 0 atom stereocenters. The van der Waals surface area contributed by atoms with Crippen LogP contribution >= 0.6 is 0 Å². The largest absolute Gasteiger partial charge is 0.444 e. The molecule has 0 aliphatic carbocycles. The normalized spacial score (nSPS) is 17.9. The van der Waals surface area contributed by atoms with Gasteiger partial charge in [0, 0.05) is 32.6 Å². The molecule has 1 N–H and O–H groups in total. The molecule has 1 heterocycles. The van der Waals surface area contributed by atoms with E-state index in [-0.39, 0.29) is 6.09 Å². The Morgan fingerprint density at radius 2 is 2.07 bits per heavy atom. The molecule has 15 heavy (non-hydrogen) atoms. The van der Waals surface area contributed by atoms with Gasteiger partial charge in [-0.15, -0.1) is 0 Å². The highest BCUT2D eigenvalue weighted by Crippen LogP contribution is 2.19. The van der Waals surface area contributed by atoms with E-state index in [9.17, 15) is 4.79 Å². The van der Waals surface area contributed by atoms with Gasteiger partial charge in [0.1, 0.15) is 5.60 Å². The first-order valence-electron chi connectivity index (χ1n) is 5.16. The van der Waals surface area contributed by atoms with Crippen molar-refractivity contribution in [2.75, 3.05) is 26.7 Å². The molecular weight excluding hydrogens is 196 g/mol. The van der Waals surface area contributed by atoms with Gasteiger partial charge in [-0.2, -0.15) is 5.06 Å². The summed E-state index contributed by atoms with van der Waals surface area (Å²) in [4.78, 5) is 13.2. The van der Waals surface area contributed by atoms with Crippen LogP contribution in [0.1, 0.15) is 20.8 Å². The van der Waals surface area contributed by atoms with Crippen LogP contribution in [0, 0.1) is 5.92 Å². The first kappa shape index (κ1) is 12.3. The fourth-order valence-corrected chi connectivity index (χ4v) is 1.53. The highest BCUT2D eigenvalue weighted by atomic mass is 16.6. The Balaban J connectivity index is 2.24. The van der Waals surface area contributed by atoms with Crippen LogP contribution in [-0.4, -0.2) is 53.5 Å². The number of ether oxygens (including phenoxy) is 1. The average molecular weight is 216 g/mol.